The van der Waals surface area contributed by atoms with Crippen LogP contribution in [0.15, 0.2) is 12.1 Å². The maximum Gasteiger partial charge on any atom is 0.326 e. The van der Waals surface area contributed by atoms with E-state index in [1.165, 1.54) is 0 Å². The molecule has 1 rings (SSSR count). The monoisotopic (exact) mass is 212 g/mol. The van der Waals surface area contributed by atoms with Crippen molar-refractivity contribution in [2.75, 3.05) is 0 Å². The summed E-state index contributed by atoms with van der Waals surface area (Å²) in [6, 6.07) is 3.68. The van der Waals surface area contributed by atoms with Gasteiger partial charge < -0.3 is 5.11 Å². The number of alkyl halides is 1. The van der Waals surface area contributed by atoms with Crippen molar-refractivity contribution >= 4 is 17.6 Å². The number of hydrogen-bond donors (Lipinski definition) is 1. The second-order valence-electron chi connectivity index (χ2n) is 3.42. The number of rotatable bonds is 2. The van der Waals surface area contributed by atoms with Crippen LogP contribution in [0.5, 0.6) is 0 Å². The zero-order chi connectivity index (χ0) is 10.9. The summed E-state index contributed by atoms with van der Waals surface area (Å²) in [5, 5.41) is 7.84. The lowest BCUT2D eigenvalue weighted by atomic mass is 9.97. The molecule has 0 bridgehead atoms. The molecule has 14 heavy (non-hydrogen) atoms. The molecule has 1 aromatic rings. The van der Waals surface area contributed by atoms with Crippen molar-refractivity contribution in [3.8, 4) is 0 Å². The van der Waals surface area contributed by atoms with Gasteiger partial charge in [0, 0.05) is 0 Å². The maximum atomic E-state index is 10.7. The Balaban J connectivity index is 3.24. The lowest BCUT2D eigenvalue weighted by Gasteiger charge is -2.12. The maximum absolute atomic E-state index is 10.7. The average molecular weight is 213 g/mol. The van der Waals surface area contributed by atoms with Crippen LogP contribution in [0.2, 0.25) is 0 Å². The van der Waals surface area contributed by atoms with E-state index in [-0.39, 0.29) is 0 Å². The van der Waals surface area contributed by atoms with Crippen LogP contribution in [0.25, 0.3) is 0 Å². The predicted molar refractivity (Wildman–Crippen MR) is 56.9 cm³/mol. The van der Waals surface area contributed by atoms with Crippen LogP contribution < -0.4 is 0 Å². The molecule has 76 valence electrons. The van der Waals surface area contributed by atoms with Gasteiger partial charge in [0.15, 0.2) is 5.38 Å². The van der Waals surface area contributed by atoms with Crippen molar-refractivity contribution < 1.29 is 9.90 Å². The highest BCUT2D eigenvalue weighted by Gasteiger charge is 2.19. The van der Waals surface area contributed by atoms with Gasteiger partial charge in [0.05, 0.1) is 0 Å². The second kappa shape index (κ2) is 4.01. The molecule has 0 radical (unpaired) electrons. The summed E-state index contributed by atoms with van der Waals surface area (Å²) in [4.78, 5) is 10.7. The molecule has 0 aliphatic rings. The average Bonchev–Trinajstić information content (AvgIpc) is 2.13. The summed E-state index contributed by atoms with van der Waals surface area (Å²) in [6.45, 7) is 5.87. The van der Waals surface area contributed by atoms with E-state index in [1.54, 1.807) is 6.07 Å². The lowest BCUT2D eigenvalue weighted by molar-refractivity contribution is -0.136. The van der Waals surface area contributed by atoms with Gasteiger partial charge in [-0.3, -0.25) is 4.79 Å². The van der Waals surface area contributed by atoms with Gasteiger partial charge in [-0.15, -0.1) is 11.6 Å². The zero-order valence-corrected chi connectivity index (χ0v) is 9.22. The van der Waals surface area contributed by atoms with Crippen LogP contribution in [0.3, 0.4) is 0 Å². The molecule has 0 aliphatic heterocycles. The standard InChI is InChI=1S/C11H13ClO2/c1-6-4-5-9(8(3)7(6)2)10(12)11(13)14/h4-5,10H,1-3H3,(H,13,14). The molecule has 0 saturated carbocycles. The normalized spacial score (nSPS) is 12.6. The van der Waals surface area contributed by atoms with Gasteiger partial charge in [-0.2, -0.15) is 0 Å². The van der Waals surface area contributed by atoms with E-state index in [4.69, 9.17) is 16.7 Å². The summed E-state index contributed by atoms with van der Waals surface area (Å²) in [5.74, 6) is -1.00. The van der Waals surface area contributed by atoms with Crippen molar-refractivity contribution in [3.63, 3.8) is 0 Å². The first-order chi connectivity index (χ1) is 6.45. The lowest BCUT2D eigenvalue weighted by Crippen LogP contribution is -2.07. The molecule has 0 spiro atoms. The van der Waals surface area contributed by atoms with Crippen molar-refractivity contribution in [2.24, 2.45) is 0 Å². The van der Waals surface area contributed by atoms with E-state index in [2.05, 4.69) is 0 Å². The highest BCUT2D eigenvalue weighted by molar-refractivity contribution is 6.29. The minimum absolute atomic E-state index is 0.683. The number of aryl methyl sites for hydroxylation is 1. The molecule has 0 fully saturated rings. The molecule has 1 N–H and O–H groups in total. The fourth-order valence-electron chi connectivity index (χ4n) is 1.38. The first kappa shape index (κ1) is 11.1. The van der Waals surface area contributed by atoms with Gasteiger partial charge in [-0.25, -0.2) is 0 Å². The van der Waals surface area contributed by atoms with Crippen LogP contribution in [-0.4, -0.2) is 11.1 Å². The Morgan fingerprint density at radius 3 is 2.36 bits per heavy atom. The van der Waals surface area contributed by atoms with Crippen LogP contribution >= 0.6 is 11.6 Å². The topological polar surface area (TPSA) is 37.3 Å². The number of carboxylic acids is 1. The molecule has 0 saturated heterocycles. The number of carboxylic acid groups (broad SMARTS) is 1. The molecule has 0 heterocycles. The number of carbonyl (C=O) groups is 1. The van der Waals surface area contributed by atoms with Crippen LogP contribution in [0.4, 0.5) is 0 Å². The van der Waals surface area contributed by atoms with E-state index in [0.29, 0.717) is 5.56 Å². The van der Waals surface area contributed by atoms with Crippen molar-refractivity contribution in [3.05, 3.63) is 34.4 Å². The third kappa shape index (κ3) is 1.90. The van der Waals surface area contributed by atoms with Gasteiger partial charge >= 0.3 is 5.97 Å². The van der Waals surface area contributed by atoms with E-state index in [1.807, 2.05) is 26.8 Å². The third-order valence-electron chi connectivity index (χ3n) is 2.59. The van der Waals surface area contributed by atoms with E-state index >= 15 is 0 Å². The smallest absolute Gasteiger partial charge is 0.326 e. The fourth-order valence-corrected chi connectivity index (χ4v) is 1.62. The Kier molecular flexibility index (Phi) is 3.17. The van der Waals surface area contributed by atoms with Crippen LogP contribution in [-0.2, 0) is 4.79 Å². The van der Waals surface area contributed by atoms with Gasteiger partial charge in [0.2, 0.25) is 0 Å². The minimum atomic E-state index is -1.00. The van der Waals surface area contributed by atoms with Crippen molar-refractivity contribution in [1.82, 2.24) is 0 Å². The number of hydrogen-bond acceptors (Lipinski definition) is 1. The van der Waals surface area contributed by atoms with Gasteiger partial charge in [0.1, 0.15) is 0 Å². The molecule has 0 aliphatic carbocycles. The molecule has 3 heteroatoms. The summed E-state index contributed by atoms with van der Waals surface area (Å²) in [5.41, 5.74) is 3.91. The third-order valence-corrected chi connectivity index (χ3v) is 3.01. The minimum Gasteiger partial charge on any atom is -0.480 e. The van der Waals surface area contributed by atoms with E-state index < -0.39 is 11.3 Å². The molecular formula is C11H13ClO2. The van der Waals surface area contributed by atoms with Gasteiger partial charge in [-0.1, -0.05) is 12.1 Å². The molecule has 2 nitrogen and oxygen atoms in total. The first-order valence-corrected chi connectivity index (χ1v) is 4.82. The van der Waals surface area contributed by atoms with E-state index in [0.717, 1.165) is 16.7 Å². The molecule has 1 unspecified atom stereocenters. The quantitative estimate of drug-likeness (QED) is 0.766. The highest BCUT2D eigenvalue weighted by atomic mass is 35.5. The molecule has 1 aromatic carbocycles. The summed E-state index contributed by atoms with van der Waals surface area (Å²) in [6.07, 6.45) is 0. The van der Waals surface area contributed by atoms with E-state index in [9.17, 15) is 4.79 Å². The largest absolute Gasteiger partial charge is 0.480 e. The Morgan fingerprint density at radius 1 is 1.29 bits per heavy atom. The molecular weight excluding hydrogens is 200 g/mol. The number of halogens is 1. The highest BCUT2D eigenvalue weighted by Crippen LogP contribution is 2.27. The summed E-state index contributed by atoms with van der Waals surface area (Å²) in [7, 11) is 0. The Labute approximate surface area is 88.5 Å². The Hall–Kier alpha value is -1.02. The number of aliphatic carboxylic acids is 1. The van der Waals surface area contributed by atoms with Gasteiger partial charge in [0.25, 0.3) is 0 Å². The molecule has 0 aromatic heterocycles. The summed E-state index contributed by atoms with van der Waals surface area (Å²) < 4.78 is 0. The second-order valence-corrected chi connectivity index (χ2v) is 3.86. The Bertz CT molecular complexity index is 372. The predicted octanol–water partition coefficient (Wildman–Crippen LogP) is 2.98. The van der Waals surface area contributed by atoms with Crippen LogP contribution in [0.1, 0.15) is 27.6 Å². The van der Waals surface area contributed by atoms with Gasteiger partial charge in [-0.05, 0) is 43.0 Å². The summed E-state index contributed by atoms with van der Waals surface area (Å²) >= 11 is 5.77. The first-order valence-electron chi connectivity index (χ1n) is 4.38. The van der Waals surface area contributed by atoms with Crippen molar-refractivity contribution in [1.29, 1.82) is 0 Å². The van der Waals surface area contributed by atoms with Crippen LogP contribution in [0, 0.1) is 20.8 Å². The molecule has 1 atom stereocenters. The number of benzene rings is 1. The SMILES string of the molecule is Cc1ccc(C(Cl)C(=O)O)c(C)c1C. The fraction of sp³-hybridized carbons (Fsp3) is 0.364. The molecule has 0 amide bonds. The Morgan fingerprint density at radius 2 is 1.86 bits per heavy atom. The van der Waals surface area contributed by atoms with Crippen molar-refractivity contribution in [2.45, 2.75) is 26.1 Å². The zero-order valence-electron chi connectivity index (χ0n) is 8.47.